The van der Waals surface area contributed by atoms with E-state index in [0.717, 1.165) is 16.1 Å². The Balaban J connectivity index is 1.66. The van der Waals surface area contributed by atoms with E-state index in [1.807, 2.05) is 49.7 Å². The van der Waals surface area contributed by atoms with Gasteiger partial charge in [-0.3, -0.25) is 9.69 Å². The van der Waals surface area contributed by atoms with Crippen molar-refractivity contribution in [1.29, 1.82) is 0 Å². The Morgan fingerprint density at radius 2 is 2.11 bits per heavy atom. The SMILES string of the molecule is CC(c1nc2scc(-c3ccco3)c2c(=O)[nH]1)N(C)Cc1ccccc1Cl. The number of nitrogens with zero attached hydrogens (tertiary/aromatic N) is 2. The second-order valence-corrected chi connectivity index (χ2v) is 7.71. The summed E-state index contributed by atoms with van der Waals surface area (Å²) in [5.74, 6) is 1.31. The number of benzene rings is 1. The van der Waals surface area contributed by atoms with Gasteiger partial charge in [-0.25, -0.2) is 4.98 Å². The lowest BCUT2D eigenvalue weighted by Crippen LogP contribution is -2.26. The zero-order valence-corrected chi connectivity index (χ0v) is 16.5. The van der Waals surface area contributed by atoms with E-state index >= 15 is 0 Å². The van der Waals surface area contributed by atoms with Crippen LogP contribution in [0.1, 0.15) is 24.4 Å². The van der Waals surface area contributed by atoms with E-state index in [9.17, 15) is 4.79 Å². The molecule has 0 saturated heterocycles. The molecule has 1 N–H and O–H groups in total. The van der Waals surface area contributed by atoms with Crippen LogP contribution in [0.5, 0.6) is 0 Å². The fourth-order valence-corrected chi connectivity index (χ4v) is 4.15. The summed E-state index contributed by atoms with van der Waals surface area (Å²) in [6, 6.07) is 11.3. The van der Waals surface area contributed by atoms with Crippen molar-refractivity contribution >= 4 is 33.2 Å². The number of hydrogen-bond donors (Lipinski definition) is 1. The zero-order valence-electron chi connectivity index (χ0n) is 14.9. The van der Waals surface area contributed by atoms with E-state index < -0.39 is 0 Å². The van der Waals surface area contributed by atoms with Crippen LogP contribution in [-0.2, 0) is 6.54 Å². The van der Waals surface area contributed by atoms with Crippen LogP contribution in [0.15, 0.2) is 57.3 Å². The third kappa shape index (κ3) is 3.43. The summed E-state index contributed by atoms with van der Waals surface area (Å²) in [7, 11) is 1.99. The molecule has 27 heavy (non-hydrogen) atoms. The van der Waals surface area contributed by atoms with Crippen LogP contribution >= 0.6 is 22.9 Å². The molecule has 4 rings (SSSR count). The lowest BCUT2D eigenvalue weighted by Gasteiger charge is -2.24. The summed E-state index contributed by atoms with van der Waals surface area (Å²) in [6.07, 6.45) is 1.60. The van der Waals surface area contributed by atoms with Gasteiger partial charge in [-0.1, -0.05) is 29.8 Å². The third-order valence-corrected chi connectivity index (χ3v) is 5.92. The number of aromatic nitrogens is 2. The Bertz CT molecular complexity index is 1130. The third-order valence-electron chi connectivity index (χ3n) is 4.68. The number of hydrogen-bond acceptors (Lipinski definition) is 5. The molecule has 1 unspecified atom stereocenters. The zero-order chi connectivity index (χ0) is 19.0. The van der Waals surface area contributed by atoms with Crippen molar-refractivity contribution in [2.75, 3.05) is 7.05 Å². The molecule has 0 amide bonds. The van der Waals surface area contributed by atoms with Crippen LogP contribution in [0.25, 0.3) is 21.5 Å². The van der Waals surface area contributed by atoms with Gasteiger partial charge in [-0.15, -0.1) is 11.3 Å². The fraction of sp³-hybridized carbons (Fsp3) is 0.200. The molecule has 0 bridgehead atoms. The Hall–Kier alpha value is -2.41. The minimum atomic E-state index is -0.152. The Labute approximate surface area is 165 Å². The lowest BCUT2D eigenvalue weighted by atomic mass is 10.1. The van der Waals surface area contributed by atoms with Crippen LogP contribution in [0, 0.1) is 0 Å². The Morgan fingerprint density at radius 3 is 2.85 bits per heavy atom. The van der Waals surface area contributed by atoms with Gasteiger partial charge in [0.15, 0.2) is 0 Å². The number of halogens is 1. The first-order valence-electron chi connectivity index (χ1n) is 8.53. The smallest absolute Gasteiger partial charge is 0.260 e. The highest BCUT2D eigenvalue weighted by molar-refractivity contribution is 7.17. The minimum Gasteiger partial charge on any atom is -0.464 e. The summed E-state index contributed by atoms with van der Waals surface area (Å²) in [6.45, 7) is 2.67. The average Bonchev–Trinajstić information content (AvgIpc) is 3.32. The maximum atomic E-state index is 12.7. The van der Waals surface area contributed by atoms with E-state index in [-0.39, 0.29) is 11.6 Å². The lowest BCUT2D eigenvalue weighted by molar-refractivity contribution is 0.244. The monoisotopic (exact) mass is 399 g/mol. The normalized spacial score (nSPS) is 12.7. The summed E-state index contributed by atoms with van der Waals surface area (Å²) >= 11 is 7.71. The van der Waals surface area contributed by atoms with Gasteiger partial charge in [-0.05, 0) is 37.7 Å². The first kappa shape index (κ1) is 18.0. The second-order valence-electron chi connectivity index (χ2n) is 6.44. The van der Waals surface area contributed by atoms with Crippen molar-refractivity contribution < 1.29 is 4.42 Å². The van der Waals surface area contributed by atoms with Gasteiger partial charge in [0.2, 0.25) is 0 Å². The quantitative estimate of drug-likeness (QED) is 0.507. The van der Waals surface area contributed by atoms with Gasteiger partial charge in [0.05, 0.1) is 17.7 Å². The molecule has 0 saturated carbocycles. The molecule has 0 aliphatic rings. The molecule has 0 aliphatic carbocycles. The maximum absolute atomic E-state index is 12.7. The van der Waals surface area contributed by atoms with Gasteiger partial charge in [-0.2, -0.15) is 0 Å². The summed E-state index contributed by atoms with van der Waals surface area (Å²) in [5.41, 5.74) is 1.66. The second kappa shape index (κ2) is 7.31. The Kier molecular flexibility index (Phi) is 4.86. The van der Waals surface area contributed by atoms with Crippen LogP contribution in [0.4, 0.5) is 0 Å². The fourth-order valence-electron chi connectivity index (χ4n) is 3.02. The van der Waals surface area contributed by atoms with E-state index in [0.29, 0.717) is 28.3 Å². The van der Waals surface area contributed by atoms with Crippen molar-refractivity contribution in [3.63, 3.8) is 0 Å². The van der Waals surface area contributed by atoms with Crippen LogP contribution < -0.4 is 5.56 Å². The summed E-state index contributed by atoms with van der Waals surface area (Å²) in [4.78, 5) is 23.2. The van der Waals surface area contributed by atoms with Crippen LogP contribution in [0.2, 0.25) is 5.02 Å². The number of thiophene rings is 1. The van der Waals surface area contributed by atoms with Gasteiger partial charge in [0.1, 0.15) is 16.4 Å². The van der Waals surface area contributed by atoms with Crippen molar-refractivity contribution in [3.8, 4) is 11.3 Å². The Morgan fingerprint density at radius 1 is 1.30 bits per heavy atom. The highest BCUT2D eigenvalue weighted by Crippen LogP contribution is 2.31. The van der Waals surface area contributed by atoms with E-state index in [2.05, 4.69) is 9.88 Å². The van der Waals surface area contributed by atoms with E-state index in [1.165, 1.54) is 11.3 Å². The predicted octanol–water partition coefficient (Wildman–Crippen LogP) is 5.09. The first-order valence-corrected chi connectivity index (χ1v) is 9.79. The summed E-state index contributed by atoms with van der Waals surface area (Å²) < 4.78 is 5.44. The first-order chi connectivity index (χ1) is 13.0. The number of aromatic amines is 1. The van der Waals surface area contributed by atoms with Crippen molar-refractivity contribution in [3.05, 3.63) is 74.8 Å². The molecule has 0 spiro atoms. The molecule has 3 heterocycles. The minimum absolute atomic E-state index is 0.0764. The van der Waals surface area contributed by atoms with Gasteiger partial charge < -0.3 is 9.40 Å². The number of furan rings is 1. The molecular weight excluding hydrogens is 382 g/mol. The average molecular weight is 400 g/mol. The largest absolute Gasteiger partial charge is 0.464 e. The molecule has 1 atom stereocenters. The van der Waals surface area contributed by atoms with E-state index in [4.69, 9.17) is 21.0 Å². The molecule has 0 aliphatic heterocycles. The molecule has 0 fully saturated rings. The molecule has 3 aromatic heterocycles. The standard InChI is InChI=1S/C20H18ClN3O2S/c1-12(24(2)10-13-6-3-4-7-15(13)21)18-22-19(25)17-14(11-27-20(17)23-18)16-8-5-9-26-16/h3-9,11-12H,10H2,1-2H3,(H,22,23,25). The number of nitrogens with one attached hydrogen (secondary N) is 1. The molecule has 0 radical (unpaired) electrons. The van der Waals surface area contributed by atoms with Gasteiger partial charge >= 0.3 is 0 Å². The molecule has 7 heteroatoms. The van der Waals surface area contributed by atoms with Crippen molar-refractivity contribution in [1.82, 2.24) is 14.9 Å². The molecule has 4 aromatic rings. The maximum Gasteiger partial charge on any atom is 0.260 e. The van der Waals surface area contributed by atoms with Crippen LogP contribution in [0.3, 0.4) is 0 Å². The number of rotatable bonds is 5. The molecule has 5 nitrogen and oxygen atoms in total. The molecule has 1 aromatic carbocycles. The van der Waals surface area contributed by atoms with E-state index in [1.54, 1.807) is 12.3 Å². The summed E-state index contributed by atoms with van der Waals surface area (Å²) in [5, 5.41) is 3.21. The number of H-pyrrole nitrogens is 1. The van der Waals surface area contributed by atoms with Gasteiger partial charge in [0.25, 0.3) is 5.56 Å². The van der Waals surface area contributed by atoms with Crippen molar-refractivity contribution in [2.45, 2.75) is 19.5 Å². The topological polar surface area (TPSA) is 62.1 Å². The highest BCUT2D eigenvalue weighted by atomic mass is 35.5. The van der Waals surface area contributed by atoms with Crippen molar-refractivity contribution in [2.24, 2.45) is 0 Å². The van der Waals surface area contributed by atoms with Crippen LogP contribution in [-0.4, -0.2) is 21.9 Å². The molecule has 138 valence electrons. The van der Waals surface area contributed by atoms with Gasteiger partial charge in [0, 0.05) is 22.5 Å². The highest BCUT2D eigenvalue weighted by Gasteiger charge is 2.19. The number of fused-ring (bicyclic) bond motifs is 1. The predicted molar refractivity (Wildman–Crippen MR) is 109 cm³/mol. The molecular formula is C20H18ClN3O2S.